The quantitative estimate of drug-likeness (QED) is 0.783. The molecule has 1 fully saturated rings. The van der Waals surface area contributed by atoms with Gasteiger partial charge in [0, 0.05) is 10.4 Å². The lowest BCUT2D eigenvalue weighted by molar-refractivity contribution is -0.0838. The minimum atomic E-state index is -0.831. The second-order valence-corrected chi connectivity index (χ2v) is 5.56. The third kappa shape index (κ3) is 2.88. The number of hydrogen-bond donors (Lipinski definition) is 3. The Bertz CT molecular complexity index is 365. The van der Waals surface area contributed by atoms with E-state index in [1.807, 2.05) is 24.3 Å². The second-order valence-electron chi connectivity index (χ2n) is 4.65. The summed E-state index contributed by atoms with van der Waals surface area (Å²) in [6, 6.07) is 7.40. The van der Waals surface area contributed by atoms with E-state index in [1.165, 1.54) is 0 Å². The van der Waals surface area contributed by atoms with Crippen LogP contribution in [0.1, 0.15) is 30.9 Å². The van der Waals surface area contributed by atoms with Gasteiger partial charge in [0.25, 0.3) is 0 Å². The topological polar surface area (TPSA) is 60.7 Å². The van der Waals surface area contributed by atoms with E-state index in [9.17, 15) is 15.3 Å². The zero-order valence-corrected chi connectivity index (χ0v) is 11.0. The van der Waals surface area contributed by atoms with E-state index in [0.717, 1.165) is 22.9 Å². The van der Waals surface area contributed by atoms with E-state index in [1.54, 1.807) is 0 Å². The molecular formula is C13H17BrO3. The summed E-state index contributed by atoms with van der Waals surface area (Å²) >= 11 is 3.34. The maximum atomic E-state index is 10.2. The van der Waals surface area contributed by atoms with Gasteiger partial charge in [0.2, 0.25) is 0 Å². The number of aliphatic hydroxyl groups excluding tert-OH is 3. The predicted molar refractivity (Wildman–Crippen MR) is 68.5 cm³/mol. The van der Waals surface area contributed by atoms with Crippen molar-refractivity contribution in [2.45, 2.75) is 37.6 Å². The molecule has 3 N–H and O–H groups in total. The SMILES string of the molecule is O[C@H]1[C@@H]([C@H](O)c2ccc(Br)cc2)CCC[C@@H]1O. The summed E-state index contributed by atoms with van der Waals surface area (Å²) < 4.78 is 0.956. The summed E-state index contributed by atoms with van der Waals surface area (Å²) in [5.41, 5.74) is 0.784. The molecular weight excluding hydrogens is 284 g/mol. The number of halogens is 1. The summed E-state index contributed by atoms with van der Waals surface area (Å²) in [5, 5.41) is 29.8. The van der Waals surface area contributed by atoms with E-state index in [2.05, 4.69) is 15.9 Å². The van der Waals surface area contributed by atoms with Gasteiger partial charge in [-0.2, -0.15) is 0 Å². The molecule has 0 radical (unpaired) electrons. The molecule has 0 spiro atoms. The van der Waals surface area contributed by atoms with E-state index in [4.69, 9.17) is 0 Å². The molecule has 1 aromatic carbocycles. The summed E-state index contributed by atoms with van der Waals surface area (Å²) in [6.45, 7) is 0. The van der Waals surface area contributed by atoms with E-state index in [0.29, 0.717) is 6.42 Å². The van der Waals surface area contributed by atoms with Gasteiger partial charge in [-0.15, -0.1) is 0 Å². The molecule has 1 saturated carbocycles. The van der Waals surface area contributed by atoms with E-state index < -0.39 is 18.3 Å². The van der Waals surface area contributed by atoms with Crippen LogP contribution < -0.4 is 0 Å². The summed E-state index contributed by atoms with van der Waals surface area (Å²) in [7, 11) is 0. The maximum Gasteiger partial charge on any atom is 0.0855 e. The first-order valence-electron chi connectivity index (χ1n) is 5.89. The van der Waals surface area contributed by atoms with Crippen LogP contribution in [-0.2, 0) is 0 Å². The van der Waals surface area contributed by atoms with Gasteiger partial charge in [-0.05, 0) is 30.5 Å². The van der Waals surface area contributed by atoms with Crippen molar-refractivity contribution in [3.8, 4) is 0 Å². The van der Waals surface area contributed by atoms with Crippen molar-refractivity contribution in [2.75, 3.05) is 0 Å². The number of hydrogen-bond acceptors (Lipinski definition) is 3. The molecule has 4 heteroatoms. The molecule has 1 aromatic rings. The second kappa shape index (κ2) is 5.48. The molecule has 94 valence electrons. The highest BCUT2D eigenvalue weighted by Crippen LogP contribution is 2.35. The van der Waals surface area contributed by atoms with Crippen LogP contribution in [0.2, 0.25) is 0 Å². The van der Waals surface area contributed by atoms with Gasteiger partial charge in [0.1, 0.15) is 0 Å². The Balaban J connectivity index is 2.13. The average molecular weight is 301 g/mol. The highest BCUT2D eigenvalue weighted by atomic mass is 79.9. The maximum absolute atomic E-state index is 10.2. The highest BCUT2D eigenvalue weighted by molar-refractivity contribution is 9.10. The van der Waals surface area contributed by atoms with E-state index in [-0.39, 0.29) is 5.92 Å². The molecule has 3 nitrogen and oxygen atoms in total. The van der Waals surface area contributed by atoms with Gasteiger partial charge >= 0.3 is 0 Å². The van der Waals surface area contributed by atoms with Crippen LogP contribution in [0.15, 0.2) is 28.7 Å². The van der Waals surface area contributed by atoms with Gasteiger partial charge in [0.05, 0.1) is 18.3 Å². The Morgan fingerprint density at radius 2 is 1.76 bits per heavy atom. The summed E-state index contributed by atoms with van der Waals surface area (Å²) in [6.07, 6.45) is -0.0503. The first kappa shape index (κ1) is 13.0. The van der Waals surface area contributed by atoms with E-state index >= 15 is 0 Å². The molecule has 2 rings (SSSR count). The zero-order chi connectivity index (χ0) is 12.4. The third-order valence-electron chi connectivity index (χ3n) is 3.49. The highest BCUT2D eigenvalue weighted by Gasteiger charge is 2.35. The molecule has 4 atom stereocenters. The Kier molecular flexibility index (Phi) is 4.20. The molecule has 0 bridgehead atoms. The van der Waals surface area contributed by atoms with Gasteiger partial charge in [-0.3, -0.25) is 0 Å². The summed E-state index contributed by atoms with van der Waals surface area (Å²) in [4.78, 5) is 0. The van der Waals surface area contributed by atoms with Crippen molar-refractivity contribution in [2.24, 2.45) is 5.92 Å². The lowest BCUT2D eigenvalue weighted by Gasteiger charge is -2.35. The molecule has 0 amide bonds. The van der Waals surface area contributed by atoms with Crippen LogP contribution in [0, 0.1) is 5.92 Å². The number of aliphatic hydroxyl groups is 3. The fourth-order valence-corrected chi connectivity index (χ4v) is 2.71. The Morgan fingerprint density at radius 1 is 1.12 bits per heavy atom. The van der Waals surface area contributed by atoms with Gasteiger partial charge in [0.15, 0.2) is 0 Å². The van der Waals surface area contributed by atoms with Crippen molar-refractivity contribution in [1.29, 1.82) is 0 Å². The van der Waals surface area contributed by atoms with Crippen molar-refractivity contribution in [3.05, 3.63) is 34.3 Å². The van der Waals surface area contributed by atoms with Gasteiger partial charge in [-0.25, -0.2) is 0 Å². The van der Waals surface area contributed by atoms with Crippen molar-refractivity contribution in [3.63, 3.8) is 0 Å². The molecule has 0 unspecified atom stereocenters. The molecule has 17 heavy (non-hydrogen) atoms. The van der Waals surface area contributed by atoms with Crippen LogP contribution >= 0.6 is 15.9 Å². The van der Waals surface area contributed by atoms with Crippen LogP contribution in [0.3, 0.4) is 0 Å². The van der Waals surface area contributed by atoms with Gasteiger partial charge < -0.3 is 15.3 Å². The molecule has 0 aromatic heterocycles. The average Bonchev–Trinajstić information content (AvgIpc) is 2.33. The van der Waals surface area contributed by atoms with Crippen molar-refractivity contribution >= 4 is 15.9 Å². The molecule has 1 aliphatic carbocycles. The smallest absolute Gasteiger partial charge is 0.0855 e. The van der Waals surface area contributed by atoms with Crippen molar-refractivity contribution < 1.29 is 15.3 Å². The first-order chi connectivity index (χ1) is 8.09. The molecule has 0 heterocycles. The van der Waals surface area contributed by atoms with Crippen LogP contribution in [0.25, 0.3) is 0 Å². The minimum Gasteiger partial charge on any atom is -0.390 e. The number of rotatable bonds is 2. The monoisotopic (exact) mass is 300 g/mol. The normalized spacial score (nSPS) is 31.2. The van der Waals surface area contributed by atoms with Crippen LogP contribution in [0.5, 0.6) is 0 Å². The van der Waals surface area contributed by atoms with Crippen LogP contribution in [0.4, 0.5) is 0 Å². The Morgan fingerprint density at radius 3 is 2.41 bits per heavy atom. The van der Waals surface area contributed by atoms with Gasteiger partial charge in [-0.1, -0.05) is 34.5 Å². The summed E-state index contributed by atoms with van der Waals surface area (Å²) in [5.74, 6) is -0.278. The number of benzene rings is 1. The first-order valence-corrected chi connectivity index (χ1v) is 6.68. The molecule has 1 aliphatic rings. The standard InChI is InChI=1S/C13H17BrO3/c14-9-6-4-8(5-7-9)12(16)10-2-1-3-11(15)13(10)17/h4-7,10-13,15-17H,1-3H2/t10-,11+,12-,13+/m1/s1. The Labute approximate surface area is 109 Å². The zero-order valence-electron chi connectivity index (χ0n) is 9.46. The lowest BCUT2D eigenvalue weighted by atomic mass is 9.79. The third-order valence-corrected chi connectivity index (χ3v) is 4.02. The van der Waals surface area contributed by atoms with Crippen LogP contribution in [-0.4, -0.2) is 27.5 Å². The minimum absolute atomic E-state index is 0.278. The molecule has 0 saturated heterocycles. The fourth-order valence-electron chi connectivity index (χ4n) is 2.44. The van der Waals surface area contributed by atoms with Crippen molar-refractivity contribution in [1.82, 2.24) is 0 Å². The lowest BCUT2D eigenvalue weighted by Crippen LogP contribution is -2.40. The fraction of sp³-hybridized carbons (Fsp3) is 0.538. The largest absolute Gasteiger partial charge is 0.390 e. The predicted octanol–water partition coefficient (Wildman–Crippen LogP) is 2.00. The molecule has 0 aliphatic heterocycles. The Hall–Kier alpha value is -0.420.